The van der Waals surface area contributed by atoms with Gasteiger partial charge in [-0.1, -0.05) is 0 Å². The SMILES string of the molecule is CC(CS(C)(=O)=O)n1c(=S)[nH]c2ccc(F)c(F)c21. The minimum absolute atomic E-state index is 0.0406. The zero-order valence-electron chi connectivity index (χ0n) is 10.3. The number of imidazole rings is 1. The van der Waals surface area contributed by atoms with E-state index in [1.165, 1.54) is 10.6 Å². The van der Waals surface area contributed by atoms with Gasteiger partial charge in [-0.2, -0.15) is 0 Å². The number of sulfone groups is 1. The van der Waals surface area contributed by atoms with E-state index in [0.717, 1.165) is 12.3 Å². The topological polar surface area (TPSA) is 54.9 Å². The Kier molecular flexibility index (Phi) is 3.48. The van der Waals surface area contributed by atoms with Gasteiger partial charge < -0.3 is 9.55 Å². The van der Waals surface area contributed by atoms with Crippen molar-refractivity contribution in [2.75, 3.05) is 12.0 Å². The van der Waals surface area contributed by atoms with Gasteiger partial charge in [0.05, 0.1) is 11.3 Å². The van der Waals surface area contributed by atoms with E-state index in [0.29, 0.717) is 5.52 Å². The average molecular weight is 306 g/mol. The molecule has 0 fully saturated rings. The molecule has 1 aromatic carbocycles. The third-order valence-electron chi connectivity index (χ3n) is 2.76. The van der Waals surface area contributed by atoms with Crippen LogP contribution >= 0.6 is 12.2 Å². The molecule has 1 unspecified atom stereocenters. The standard InChI is InChI=1S/C11H12F2N2O2S2/c1-6(5-19(2,16)17)15-10-8(14-11(15)18)4-3-7(12)9(10)13/h3-4,6H,5H2,1-2H3,(H,14,18). The van der Waals surface area contributed by atoms with Crippen molar-refractivity contribution in [1.82, 2.24) is 9.55 Å². The molecule has 0 amide bonds. The van der Waals surface area contributed by atoms with Crippen molar-refractivity contribution in [2.45, 2.75) is 13.0 Å². The van der Waals surface area contributed by atoms with Gasteiger partial charge in [0.25, 0.3) is 0 Å². The molecular formula is C11H12F2N2O2S2. The molecule has 0 saturated carbocycles. The van der Waals surface area contributed by atoms with Gasteiger partial charge >= 0.3 is 0 Å². The minimum Gasteiger partial charge on any atom is -0.330 e. The molecule has 2 rings (SSSR count). The van der Waals surface area contributed by atoms with E-state index < -0.39 is 27.5 Å². The highest BCUT2D eigenvalue weighted by Crippen LogP contribution is 2.24. The molecule has 1 atom stereocenters. The zero-order chi connectivity index (χ0) is 14.4. The summed E-state index contributed by atoms with van der Waals surface area (Å²) in [6, 6.07) is 1.77. The first-order valence-corrected chi connectivity index (χ1v) is 7.93. The number of H-pyrrole nitrogens is 1. The Bertz CT molecular complexity index is 793. The quantitative estimate of drug-likeness (QED) is 0.887. The Labute approximate surface area is 114 Å². The molecule has 0 saturated heterocycles. The van der Waals surface area contributed by atoms with Crippen LogP contribution in [0.15, 0.2) is 12.1 Å². The Morgan fingerprint density at radius 3 is 2.63 bits per heavy atom. The molecule has 1 heterocycles. The molecule has 104 valence electrons. The fourth-order valence-electron chi connectivity index (χ4n) is 2.09. The van der Waals surface area contributed by atoms with Gasteiger partial charge in [-0.15, -0.1) is 0 Å². The third-order valence-corrected chi connectivity index (χ3v) is 4.14. The molecule has 0 bridgehead atoms. The van der Waals surface area contributed by atoms with Crippen LogP contribution in [0.1, 0.15) is 13.0 Å². The van der Waals surface area contributed by atoms with Crippen LogP contribution in [-0.4, -0.2) is 30.0 Å². The summed E-state index contributed by atoms with van der Waals surface area (Å²) < 4.78 is 51.2. The number of hydrogen-bond acceptors (Lipinski definition) is 3. The lowest BCUT2D eigenvalue weighted by molar-refractivity contribution is 0.504. The minimum atomic E-state index is -3.25. The van der Waals surface area contributed by atoms with Crippen LogP contribution in [0.3, 0.4) is 0 Å². The molecule has 0 aliphatic carbocycles. The molecule has 0 aliphatic rings. The number of halogens is 2. The molecule has 19 heavy (non-hydrogen) atoms. The van der Waals surface area contributed by atoms with Gasteiger partial charge in [0.15, 0.2) is 16.4 Å². The Morgan fingerprint density at radius 1 is 1.42 bits per heavy atom. The van der Waals surface area contributed by atoms with Gasteiger partial charge in [-0.3, -0.25) is 0 Å². The second-order valence-electron chi connectivity index (χ2n) is 4.50. The van der Waals surface area contributed by atoms with Gasteiger partial charge in [-0.05, 0) is 31.3 Å². The molecule has 4 nitrogen and oxygen atoms in total. The van der Waals surface area contributed by atoms with Crippen molar-refractivity contribution in [1.29, 1.82) is 0 Å². The molecule has 2 aromatic rings. The van der Waals surface area contributed by atoms with E-state index in [1.54, 1.807) is 6.92 Å². The number of benzene rings is 1. The molecular weight excluding hydrogens is 294 g/mol. The van der Waals surface area contributed by atoms with E-state index >= 15 is 0 Å². The van der Waals surface area contributed by atoms with Crippen LogP contribution in [-0.2, 0) is 9.84 Å². The van der Waals surface area contributed by atoms with Gasteiger partial charge in [0, 0.05) is 12.3 Å². The number of nitrogens with zero attached hydrogens (tertiary/aromatic N) is 1. The smallest absolute Gasteiger partial charge is 0.184 e. The summed E-state index contributed by atoms with van der Waals surface area (Å²) in [5, 5.41) is 0. The highest BCUT2D eigenvalue weighted by Gasteiger charge is 2.20. The maximum absolute atomic E-state index is 13.9. The van der Waals surface area contributed by atoms with Gasteiger partial charge in [0.1, 0.15) is 15.4 Å². The molecule has 0 aliphatic heterocycles. The van der Waals surface area contributed by atoms with E-state index in [1.807, 2.05) is 0 Å². The fourth-order valence-corrected chi connectivity index (χ4v) is 3.49. The largest absolute Gasteiger partial charge is 0.330 e. The summed E-state index contributed by atoms with van der Waals surface area (Å²) >= 11 is 5.04. The van der Waals surface area contributed by atoms with E-state index in [-0.39, 0.29) is 16.0 Å². The first-order valence-electron chi connectivity index (χ1n) is 5.46. The Morgan fingerprint density at radius 2 is 2.05 bits per heavy atom. The van der Waals surface area contributed by atoms with Gasteiger partial charge in [0.2, 0.25) is 0 Å². The lowest BCUT2D eigenvalue weighted by Crippen LogP contribution is -2.17. The summed E-state index contributed by atoms with van der Waals surface area (Å²) in [7, 11) is -3.25. The molecule has 0 radical (unpaired) electrons. The van der Waals surface area contributed by atoms with Crippen LogP contribution in [0.5, 0.6) is 0 Å². The number of aromatic amines is 1. The summed E-state index contributed by atoms with van der Waals surface area (Å²) in [5.74, 6) is -2.24. The number of hydrogen-bond donors (Lipinski definition) is 1. The predicted octanol–water partition coefficient (Wildman–Crippen LogP) is 2.58. The number of rotatable bonds is 3. The number of nitrogens with one attached hydrogen (secondary N) is 1. The van der Waals surface area contributed by atoms with Crippen LogP contribution in [0.4, 0.5) is 8.78 Å². The van der Waals surface area contributed by atoms with Crippen LogP contribution in [0, 0.1) is 16.4 Å². The lowest BCUT2D eigenvalue weighted by Gasteiger charge is -2.13. The maximum Gasteiger partial charge on any atom is 0.184 e. The first-order chi connectivity index (χ1) is 8.70. The molecule has 1 aromatic heterocycles. The normalized spacial score (nSPS) is 13.9. The number of aromatic nitrogens is 2. The van der Waals surface area contributed by atoms with Crippen molar-refractivity contribution in [3.63, 3.8) is 0 Å². The van der Waals surface area contributed by atoms with Crippen molar-refractivity contribution >= 4 is 33.1 Å². The Hall–Kier alpha value is -1.28. The monoisotopic (exact) mass is 306 g/mol. The van der Waals surface area contributed by atoms with Crippen LogP contribution in [0.2, 0.25) is 0 Å². The third kappa shape index (κ3) is 2.69. The summed E-state index contributed by atoms with van der Waals surface area (Å²) in [4.78, 5) is 2.74. The van der Waals surface area contributed by atoms with Crippen molar-refractivity contribution < 1.29 is 17.2 Å². The maximum atomic E-state index is 13.9. The number of fused-ring (bicyclic) bond motifs is 1. The Balaban J connectivity index is 2.69. The summed E-state index contributed by atoms with van der Waals surface area (Å²) in [6.07, 6.45) is 1.08. The van der Waals surface area contributed by atoms with E-state index in [2.05, 4.69) is 4.98 Å². The first kappa shape index (κ1) is 14.1. The fraction of sp³-hybridized carbons (Fsp3) is 0.364. The highest BCUT2D eigenvalue weighted by atomic mass is 32.2. The van der Waals surface area contributed by atoms with Gasteiger partial charge in [-0.25, -0.2) is 17.2 Å². The lowest BCUT2D eigenvalue weighted by atomic mass is 10.2. The second kappa shape index (κ2) is 4.68. The van der Waals surface area contributed by atoms with Crippen molar-refractivity contribution in [3.8, 4) is 0 Å². The van der Waals surface area contributed by atoms with Crippen LogP contribution < -0.4 is 0 Å². The van der Waals surface area contributed by atoms with E-state index in [9.17, 15) is 17.2 Å². The van der Waals surface area contributed by atoms with Crippen LogP contribution in [0.25, 0.3) is 11.0 Å². The highest BCUT2D eigenvalue weighted by molar-refractivity contribution is 7.90. The summed E-state index contributed by atoms with van der Waals surface area (Å²) in [6.45, 7) is 1.59. The molecule has 1 N–H and O–H groups in total. The van der Waals surface area contributed by atoms with Crippen molar-refractivity contribution in [3.05, 3.63) is 28.5 Å². The predicted molar refractivity (Wildman–Crippen MR) is 71.5 cm³/mol. The van der Waals surface area contributed by atoms with Crippen molar-refractivity contribution in [2.24, 2.45) is 0 Å². The zero-order valence-corrected chi connectivity index (χ0v) is 11.9. The second-order valence-corrected chi connectivity index (χ2v) is 7.07. The molecule has 8 heteroatoms. The van der Waals surface area contributed by atoms with E-state index in [4.69, 9.17) is 12.2 Å². The molecule has 0 spiro atoms. The summed E-state index contributed by atoms with van der Waals surface area (Å²) in [5.41, 5.74) is 0.297. The average Bonchev–Trinajstić information content (AvgIpc) is 2.58.